The summed E-state index contributed by atoms with van der Waals surface area (Å²) < 4.78 is 4.77. The minimum Gasteiger partial charge on any atom is -0.192 e. The van der Waals surface area contributed by atoms with Gasteiger partial charge in [-0.15, -0.1) is 0 Å². The van der Waals surface area contributed by atoms with Crippen LogP contribution >= 0.6 is 11.5 Å². The minimum atomic E-state index is 0.340. The highest BCUT2D eigenvalue weighted by atomic mass is 32.1. The molecule has 1 aromatic carbocycles. The third-order valence-corrected chi connectivity index (χ3v) is 10.1. The van der Waals surface area contributed by atoms with Crippen molar-refractivity contribution in [3.63, 3.8) is 0 Å². The molecule has 28 heavy (non-hydrogen) atoms. The van der Waals surface area contributed by atoms with Gasteiger partial charge in [-0.3, -0.25) is 0 Å². The summed E-state index contributed by atoms with van der Waals surface area (Å²) in [5, 5.41) is 1.37. The van der Waals surface area contributed by atoms with E-state index in [1.165, 1.54) is 67.1 Å². The van der Waals surface area contributed by atoms with Gasteiger partial charge in [-0.25, -0.2) is 0 Å². The van der Waals surface area contributed by atoms with E-state index in [1.807, 2.05) is 5.57 Å². The molecule has 1 aromatic heterocycles. The van der Waals surface area contributed by atoms with Gasteiger partial charge in [0.1, 0.15) is 0 Å². The maximum atomic E-state index is 4.77. The third-order valence-electron chi connectivity index (χ3n) is 9.23. The Labute approximate surface area is 173 Å². The van der Waals surface area contributed by atoms with E-state index in [9.17, 15) is 0 Å². The molecule has 2 aromatic rings. The van der Waals surface area contributed by atoms with Crippen molar-refractivity contribution in [1.82, 2.24) is 4.37 Å². The maximum Gasteiger partial charge on any atom is 0.0847 e. The van der Waals surface area contributed by atoms with Gasteiger partial charge >= 0.3 is 0 Å². The number of fused-ring (bicyclic) bond motifs is 6. The molecule has 1 heterocycles. The molecule has 3 unspecified atom stereocenters. The Balaban J connectivity index is 1.38. The number of benzene rings is 1. The summed E-state index contributed by atoms with van der Waals surface area (Å²) in [6.07, 6.45) is 16.3. The first kappa shape index (κ1) is 17.4. The Morgan fingerprint density at radius 3 is 2.79 bits per heavy atom. The first-order valence-electron chi connectivity index (χ1n) is 11.4. The van der Waals surface area contributed by atoms with Crippen LogP contribution in [0.2, 0.25) is 0 Å². The molecule has 2 heteroatoms. The van der Waals surface area contributed by atoms with Crippen molar-refractivity contribution in [3.05, 3.63) is 46.9 Å². The molecule has 0 saturated heterocycles. The van der Waals surface area contributed by atoms with Gasteiger partial charge < -0.3 is 0 Å². The quantitative estimate of drug-likeness (QED) is 0.457. The van der Waals surface area contributed by atoms with Gasteiger partial charge in [0.2, 0.25) is 0 Å². The van der Waals surface area contributed by atoms with E-state index < -0.39 is 0 Å². The van der Waals surface area contributed by atoms with E-state index in [0.717, 1.165) is 17.8 Å². The Hall–Kier alpha value is -1.41. The number of rotatable bonds is 1. The molecule has 0 bridgehead atoms. The smallest absolute Gasteiger partial charge is 0.0847 e. The molecule has 4 aliphatic carbocycles. The predicted octanol–water partition coefficient (Wildman–Crippen LogP) is 7.64. The Bertz CT molecular complexity index is 997. The van der Waals surface area contributed by atoms with Gasteiger partial charge in [0, 0.05) is 5.39 Å². The van der Waals surface area contributed by atoms with Gasteiger partial charge in [-0.1, -0.05) is 56.2 Å². The zero-order valence-electron chi connectivity index (χ0n) is 17.2. The predicted molar refractivity (Wildman–Crippen MR) is 119 cm³/mol. The summed E-state index contributed by atoms with van der Waals surface area (Å²) >= 11 is 1.73. The summed E-state index contributed by atoms with van der Waals surface area (Å²) in [5.41, 5.74) is 5.46. The average Bonchev–Trinajstić information content (AvgIpc) is 3.28. The van der Waals surface area contributed by atoms with E-state index in [-0.39, 0.29) is 0 Å². The lowest BCUT2D eigenvalue weighted by Gasteiger charge is -2.57. The fourth-order valence-corrected chi connectivity index (χ4v) is 8.74. The highest BCUT2D eigenvalue weighted by molar-refractivity contribution is 7.08. The standard InChI is InChI=1S/C26H31NS/c1-25-15-6-5-7-17(25)10-11-18-20-12-13-22(26(20,2)16-14-21(18)25)24-19-8-3-4-9-23(19)27-28-24/h3-4,8-10,13,18,20-21H,5-7,11-12,14-16H2,1-2H3/t18?,20?,21?,25-,26-/m0/s1. The SMILES string of the molecule is C[C@]12CCCCC1=CCC1C2CC[C@]2(C)C(c3snc4ccccc34)=CCC12. The molecule has 1 nitrogen and oxygen atoms in total. The molecule has 6 rings (SSSR count). The number of hydrogen-bond donors (Lipinski definition) is 0. The van der Waals surface area contributed by atoms with Crippen molar-refractivity contribution in [2.45, 2.75) is 65.2 Å². The first-order valence-corrected chi connectivity index (χ1v) is 12.1. The molecule has 2 saturated carbocycles. The van der Waals surface area contributed by atoms with Crippen LogP contribution in [0.15, 0.2) is 42.0 Å². The average molecular weight is 390 g/mol. The van der Waals surface area contributed by atoms with Crippen molar-refractivity contribution in [2.75, 3.05) is 0 Å². The first-order chi connectivity index (χ1) is 13.6. The number of nitrogens with zero attached hydrogens (tertiary/aromatic N) is 1. The van der Waals surface area contributed by atoms with E-state index in [1.54, 1.807) is 17.1 Å². The van der Waals surface area contributed by atoms with Crippen LogP contribution in [0.25, 0.3) is 16.5 Å². The summed E-state index contributed by atoms with van der Waals surface area (Å²) in [6.45, 7) is 5.21. The Morgan fingerprint density at radius 2 is 1.86 bits per heavy atom. The largest absolute Gasteiger partial charge is 0.192 e. The van der Waals surface area contributed by atoms with Crippen molar-refractivity contribution in [1.29, 1.82) is 0 Å². The van der Waals surface area contributed by atoms with Crippen molar-refractivity contribution in [3.8, 4) is 0 Å². The Kier molecular flexibility index (Phi) is 3.77. The van der Waals surface area contributed by atoms with E-state index in [4.69, 9.17) is 4.37 Å². The van der Waals surface area contributed by atoms with Crippen LogP contribution in [-0.4, -0.2) is 4.37 Å². The molecule has 2 fully saturated rings. The zero-order chi connectivity index (χ0) is 18.9. The van der Waals surface area contributed by atoms with Gasteiger partial charge in [-0.05, 0) is 96.7 Å². The topological polar surface area (TPSA) is 12.9 Å². The second-order valence-electron chi connectivity index (χ2n) is 10.3. The molecular formula is C26H31NS. The fraction of sp³-hybridized carbons (Fsp3) is 0.577. The van der Waals surface area contributed by atoms with Crippen molar-refractivity contribution < 1.29 is 0 Å². The molecule has 0 N–H and O–H groups in total. The summed E-state index contributed by atoms with van der Waals surface area (Å²) in [5.74, 6) is 2.61. The highest BCUT2D eigenvalue weighted by Crippen LogP contribution is 2.66. The lowest BCUT2D eigenvalue weighted by Crippen LogP contribution is -2.48. The third kappa shape index (κ3) is 2.22. The molecule has 0 radical (unpaired) electrons. The fourth-order valence-electron chi connectivity index (χ4n) is 7.70. The van der Waals surface area contributed by atoms with Crippen LogP contribution in [0.3, 0.4) is 0 Å². The molecule has 0 amide bonds. The van der Waals surface area contributed by atoms with Crippen LogP contribution in [0.1, 0.15) is 70.1 Å². The summed E-state index contributed by atoms with van der Waals surface area (Å²) in [4.78, 5) is 1.45. The number of allylic oxidation sites excluding steroid dienone is 4. The zero-order valence-corrected chi connectivity index (χ0v) is 18.0. The van der Waals surface area contributed by atoms with Crippen LogP contribution in [0.4, 0.5) is 0 Å². The van der Waals surface area contributed by atoms with Gasteiger partial charge in [0.25, 0.3) is 0 Å². The second kappa shape index (κ2) is 6.05. The summed E-state index contributed by atoms with van der Waals surface area (Å²) in [6, 6.07) is 8.72. The lowest BCUT2D eigenvalue weighted by atomic mass is 9.47. The normalized spacial score (nSPS) is 39.7. The van der Waals surface area contributed by atoms with E-state index in [2.05, 4.69) is 50.3 Å². The van der Waals surface area contributed by atoms with Gasteiger partial charge in [0.05, 0.1) is 10.4 Å². The maximum absolute atomic E-state index is 4.77. The molecule has 0 aliphatic heterocycles. The van der Waals surface area contributed by atoms with Gasteiger partial charge in [-0.2, -0.15) is 4.37 Å². The van der Waals surface area contributed by atoms with Gasteiger partial charge in [0.15, 0.2) is 0 Å². The van der Waals surface area contributed by atoms with Crippen LogP contribution in [-0.2, 0) is 0 Å². The van der Waals surface area contributed by atoms with Crippen LogP contribution < -0.4 is 0 Å². The summed E-state index contributed by atoms with van der Waals surface area (Å²) in [7, 11) is 0. The molecular weight excluding hydrogens is 358 g/mol. The second-order valence-corrected chi connectivity index (χ2v) is 11.1. The molecule has 146 valence electrons. The minimum absolute atomic E-state index is 0.340. The number of hydrogen-bond acceptors (Lipinski definition) is 2. The van der Waals surface area contributed by atoms with Crippen LogP contribution in [0.5, 0.6) is 0 Å². The van der Waals surface area contributed by atoms with Crippen molar-refractivity contribution >= 4 is 28.0 Å². The Morgan fingerprint density at radius 1 is 0.964 bits per heavy atom. The van der Waals surface area contributed by atoms with E-state index in [0.29, 0.717) is 10.8 Å². The van der Waals surface area contributed by atoms with Crippen LogP contribution in [0, 0.1) is 28.6 Å². The molecule has 0 spiro atoms. The molecule has 5 atom stereocenters. The highest BCUT2D eigenvalue weighted by Gasteiger charge is 2.56. The monoisotopic (exact) mass is 389 g/mol. The molecule has 4 aliphatic rings. The van der Waals surface area contributed by atoms with E-state index >= 15 is 0 Å². The van der Waals surface area contributed by atoms with Crippen molar-refractivity contribution in [2.24, 2.45) is 28.6 Å². The lowest BCUT2D eigenvalue weighted by molar-refractivity contribution is -0.00971. The number of aromatic nitrogens is 1.